The zero-order chi connectivity index (χ0) is 13.5. The van der Waals surface area contributed by atoms with Crippen LogP contribution in [0.4, 0.5) is 0 Å². The number of aromatic nitrogens is 2. The molecule has 1 aromatic carbocycles. The van der Waals surface area contributed by atoms with Gasteiger partial charge in [-0.15, -0.1) is 0 Å². The third kappa shape index (κ3) is 3.95. The summed E-state index contributed by atoms with van der Waals surface area (Å²) in [5.74, 6) is 1.52. The Morgan fingerprint density at radius 2 is 1.89 bits per heavy atom. The lowest BCUT2D eigenvalue weighted by Crippen LogP contribution is -2.14. The van der Waals surface area contributed by atoms with E-state index in [1.807, 2.05) is 24.3 Å². The molecule has 98 valence electrons. The van der Waals surface area contributed by atoms with Crippen molar-refractivity contribution in [2.45, 2.75) is 13.0 Å². The van der Waals surface area contributed by atoms with Crippen molar-refractivity contribution in [1.29, 1.82) is 0 Å². The Kier molecular flexibility index (Phi) is 4.28. The molecule has 1 heterocycles. The van der Waals surface area contributed by atoms with Crippen LogP contribution in [0.25, 0.3) is 0 Å². The molecular weight excluding hydrogens is 244 g/mol. The molecule has 6 heteroatoms. The van der Waals surface area contributed by atoms with Crippen LogP contribution in [0.3, 0.4) is 0 Å². The van der Waals surface area contributed by atoms with Gasteiger partial charge in [0.05, 0.1) is 0 Å². The summed E-state index contributed by atoms with van der Waals surface area (Å²) in [6, 6.07) is 9.12. The zero-order valence-corrected chi connectivity index (χ0v) is 10.2. The molecule has 6 nitrogen and oxygen atoms in total. The first-order valence-corrected chi connectivity index (χ1v) is 5.72. The molecule has 0 saturated carbocycles. The molecule has 0 spiro atoms. The molecule has 0 aliphatic carbocycles. The molecule has 2 rings (SSSR count). The van der Waals surface area contributed by atoms with Crippen LogP contribution in [0.15, 0.2) is 47.9 Å². The summed E-state index contributed by atoms with van der Waals surface area (Å²) in [5, 5.41) is 11.4. The molecule has 0 bridgehead atoms. The number of hydrogen-bond acceptors (Lipinski definition) is 5. The van der Waals surface area contributed by atoms with E-state index in [1.165, 1.54) is 0 Å². The predicted molar refractivity (Wildman–Crippen MR) is 69.9 cm³/mol. The highest BCUT2D eigenvalue weighted by Crippen LogP contribution is 2.13. The normalized spacial score (nSPS) is 11.3. The lowest BCUT2D eigenvalue weighted by atomic mass is 10.1. The number of benzene rings is 1. The number of hydrogen-bond donors (Lipinski definition) is 2. The Labute approximate surface area is 110 Å². The molecule has 0 unspecified atom stereocenters. The van der Waals surface area contributed by atoms with Gasteiger partial charge in [-0.3, -0.25) is 0 Å². The van der Waals surface area contributed by atoms with Crippen LogP contribution >= 0.6 is 0 Å². The number of rotatable bonds is 5. The molecule has 0 fully saturated rings. The van der Waals surface area contributed by atoms with Gasteiger partial charge in [-0.1, -0.05) is 17.3 Å². The first-order chi connectivity index (χ1) is 9.28. The van der Waals surface area contributed by atoms with E-state index >= 15 is 0 Å². The van der Waals surface area contributed by atoms with Gasteiger partial charge in [-0.2, -0.15) is 0 Å². The Morgan fingerprint density at radius 3 is 2.53 bits per heavy atom. The zero-order valence-electron chi connectivity index (χ0n) is 10.2. The number of amidine groups is 1. The third-order valence-corrected chi connectivity index (χ3v) is 2.42. The average Bonchev–Trinajstić information content (AvgIpc) is 2.47. The SMILES string of the molecule is NC(Cc1ccc(OCc2ncccn2)cc1)=NO. The summed E-state index contributed by atoms with van der Waals surface area (Å²) in [6.45, 7) is 0.320. The maximum absolute atomic E-state index is 8.49. The van der Waals surface area contributed by atoms with E-state index in [0.29, 0.717) is 18.9 Å². The van der Waals surface area contributed by atoms with Gasteiger partial charge in [-0.05, 0) is 23.8 Å². The average molecular weight is 258 g/mol. The van der Waals surface area contributed by atoms with E-state index in [9.17, 15) is 0 Å². The van der Waals surface area contributed by atoms with Crippen molar-refractivity contribution in [3.8, 4) is 5.75 Å². The quantitative estimate of drug-likeness (QED) is 0.365. The molecule has 3 N–H and O–H groups in total. The van der Waals surface area contributed by atoms with Crippen LogP contribution in [0, 0.1) is 0 Å². The summed E-state index contributed by atoms with van der Waals surface area (Å²) in [5.41, 5.74) is 6.37. The van der Waals surface area contributed by atoms with Crippen molar-refractivity contribution in [2.24, 2.45) is 10.9 Å². The van der Waals surface area contributed by atoms with Gasteiger partial charge in [-0.25, -0.2) is 9.97 Å². The van der Waals surface area contributed by atoms with Crippen molar-refractivity contribution in [3.63, 3.8) is 0 Å². The lowest BCUT2D eigenvalue weighted by Gasteiger charge is -2.06. The van der Waals surface area contributed by atoms with Crippen molar-refractivity contribution in [2.75, 3.05) is 0 Å². The minimum atomic E-state index is 0.173. The highest BCUT2D eigenvalue weighted by molar-refractivity contribution is 5.82. The van der Waals surface area contributed by atoms with Crippen molar-refractivity contribution in [3.05, 3.63) is 54.1 Å². The Balaban J connectivity index is 1.92. The summed E-state index contributed by atoms with van der Waals surface area (Å²) < 4.78 is 5.54. The highest BCUT2D eigenvalue weighted by atomic mass is 16.5. The molecule has 0 aliphatic heterocycles. The van der Waals surface area contributed by atoms with Crippen LogP contribution < -0.4 is 10.5 Å². The van der Waals surface area contributed by atoms with Gasteiger partial charge in [0.15, 0.2) is 5.82 Å². The third-order valence-electron chi connectivity index (χ3n) is 2.42. The van der Waals surface area contributed by atoms with Crippen LogP contribution in [-0.2, 0) is 13.0 Å². The van der Waals surface area contributed by atoms with Crippen LogP contribution in [0.1, 0.15) is 11.4 Å². The standard InChI is InChI=1S/C13H14N4O2/c14-12(17-18)8-10-2-4-11(5-3-10)19-9-13-15-6-1-7-16-13/h1-7,18H,8-9H2,(H2,14,17). The van der Waals surface area contributed by atoms with E-state index in [-0.39, 0.29) is 5.84 Å². The monoisotopic (exact) mass is 258 g/mol. The van der Waals surface area contributed by atoms with Crippen molar-refractivity contribution < 1.29 is 9.94 Å². The summed E-state index contributed by atoms with van der Waals surface area (Å²) >= 11 is 0. The Hall–Kier alpha value is -2.63. The second kappa shape index (κ2) is 6.34. The smallest absolute Gasteiger partial charge is 0.166 e. The van der Waals surface area contributed by atoms with Gasteiger partial charge in [0.1, 0.15) is 18.2 Å². The van der Waals surface area contributed by atoms with Gasteiger partial charge in [0, 0.05) is 18.8 Å². The Bertz CT molecular complexity index is 540. The fourth-order valence-electron chi connectivity index (χ4n) is 1.50. The Morgan fingerprint density at radius 1 is 1.21 bits per heavy atom. The molecule has 2 aromatic rings. The molecular formula is C13H14N4O2. The fraction of sp³-hybridized carbons (Fsp3) is 0.154. The van der Waals surface area contributed by atoms with Crippen molar-refractivity contribution in [1.82, 2.24) is 9.97 Å². The van der Waals surface area contributed by atoms with E-state index in [4.69, 9.17) is 15.7 Å². The summed E-state index contributed by atoms with van der Waals surface area (Å²) in [6.07, 6.45) is 3.75. The van der Waals surface area contributed by atoms with Crippen LogP contribution in [0.2, 0.25) is 0 Å². The largest absolute Gasteiger partial charge is 0.486 e. The highest BCUT2D eigenvalue weighted by Gasteiger charge is 2.00. The molecule has 0 amide bonds. The van der Waals surface area contributed by atoms with Gasteiger partial charge < -0.3 is 15.7 Å². The molecule has 19 heavy (non-hydrogen) atoms. The number of nitrogens with zero attached hydrogens (tertiary/aromatic N) is 3. The molecule has 0 aliphatic rings. The molecule has 1 aromatic heterocycles. The lowest BCUT2D eigenvalue weighted by molar-refractivity contribution is 0.295. The van der Waals surface area contributed by atoms with Crippen molar-refractivity contribution >= 4 is 5.84 Å². The second-order valence-corrected chi connectivity index (χ2v) is 3.87. The van der Waals surface area contributed by atoms with E-state index in [0.717, 1.165) is 11.3 Å². The first-order valence-electron chi connectivity index (χ1n) is 5.72. The minimum absolute atomic E-state index is 0.173. The summed E-state index contributed by atoms with van der Waals surface area (Å²) in [7, 11) is 0. The molecule has 0 atom stereocenters. The fourth-order valence-corrected chi connectivity index (χ4v) is 1.50. The number of nitrogens with two attached hydrogens (primary N) is 1. The van der Waals surface area contributed by atoms with E-state index < -0.39 is 0 Å². The van der Waals surface area contributed by atoms with Gasteiger partial charge in [0.2, 0.25) is 0 Å². The number of ether oxygens (including phenoxy) is 1. The van der Waals surface area contributed by atoms with Gasteiger partial charge in [0.25, 0.3) is 0 Å². The van der Waals surface area contributed by atoms with E-state index in [2.05, 4.69) is 15.1 Å². The minimum Gasteiger partial charge on any atom is -0.486 e. The second-order valence-electron chi connectivity index (χ2n) is 3.87. The van der Waals surface area contributed by atoms with Crippen LogP contribution in [-0.4, -0.2) is 21.0 Å². The molecule has 0 saturated heterocycles. The van der Waals surface area contributed by atoms with Gasteiger partial charge >= 0.3 is 0 Å². The topological polar surface area (TPSA) is 93.6 Å². The van der Waals surface area contributed by atoms with Crippen LogP contribution in [0.5, 0.6) is 5.75 Å². The first kappa shape index (κ1) is 12.8. The maximum atomic E-state index is 8.49. The maximum Gasteiger partial charge on any atom is 0.166 e. The summed E-state index contributed by atoms with van der Waals surface area (Å²) in [4.78, 5) is 8.13. The predicted octanol–water partition coefficient (Wildman–Crippen LogP) is 1.34. The van der Waals surface area contributed by atoms with E-state index in [1.54, 1.807) is 18.5 Å². The molecule has 0 radical (unpaired) electrons. The number of oxime groups is 1.